The van der Waals surface area contributed by atoms with E-state index >= 15 is 0 Å². The second kappa shape index (κ2) is 18.4. The molecule has 12 nitrogen and oxygen atoms in total. The van der Waals surface area contributed by atoms with Crippen LogP contribution in [-0.4, -0.2) is 100 Å². The molecule has 6 atom stereocenters. The zero-order valence-corrected chi connectivity index (χ0v) is 30.3. The van der Waals surface area contributed by atoms with Gasteiger partial charge in [-0.25, -0.2) is 0 Å². The molecule has 0 aromatic heterocycles. The molecule has 2 fully saturated rings. The molecule has 0 spiro atoms. The van der Waals surface area contributed by atoms with Gasteiger partial charge in [-0.3, -0.25) is 28.9 Å². The third-order valence-electron chi connectivity index (χ3n) is 10.1. The number of unbranched alkanes of at least 4 members (excludes halogenated alkanes) is 1. The maximum absolute atomic E-state index is 14.3. The van der Waals surface area contributed by atoms with Crippen LogP contribution in [0.25, 0.3) is 0 Å². The van der Waals surface area contributed by atoms with Gasteiger partial charge in [0.2, 0.25) is 17.7 Å². The van der Waals surface area contributed by atoms with Crippen LogP contribution in [0.2, 0.25) is 0 Å². The summed E-state index contributed by atoms with van der Waals surface area (Å²) in [6.07, 6.45) is 3.32. The molecule has 6 unspecified atom stereocenters. The Kier molecular flexibility index (Phi) is 14.3. The van der Waals surface area contributed by atoms with E-state index in [9.17, 15) is 29.1 Å². The molecule has 2 aromatic carbocycles. The van der Waals surface area contributed by atoms with Crippen LogP contribution in [0.1, 0.15) is 70.4 Å². The summed E-state index contributed by atoms with van der Waals surface area (Å²) in [5.74, 6) is -2.88. The summed E-state index contributed by atoms with van der Waals surface area (Å²) in [6, 6.07) is 17.0. The van der Waals surface area contributed by atoms with Gasteiger partial charge < -0.3 is 32.1 Å². The number of nitrogens with one attached hydrogen (secondary N) is 2. The number of likely N-dealkylation sites (tertiary alicyclic amines) is 2. The lowest BCUT2D eigenvalue weighted by atomic mass is 9.81. The van der Waals surface area contributed by atoms with Crippen LogP contribution in [0.5, 0.6) is 0 Å². The van der Waals surface area contributed by atoms with E-state index in [0.29, 0.717) is 51.7 Å². The van der Waals surface area contributed by atoms with Crippen LogP contribution < -0.4 is 22.1 Å². The molecule has 278 valence electrons. The number of nitrogens with zero attached hydrogens (tertiary/aromatic N) is 2. The Morgan fingerprint density at radius 3 is 2.10 bits per heavy atom. The van der Waals surface area contributed by atoms with Gasteiger partial charge in [-0.05, 0) is 69.0 Å². The number of benzene rings is 2. The molecule has 2 heterocycles. The number of piperidine rings is 1. The van der Waals surface area contributed by atoms with Crippen LogP contribution >= 0.6 is 0 Å². The Hall–Kier alpha value is -4.13. The summed E-state index contributed by atoms with van der Waals surface area (Å²) < 4.78 is 0. The van der Waals surface area contributed by atoms with Crippen molar-refractivity contribution >= 4 is 29.5 Å². The number of carboxylic acids is 1. The van der Waals surface area contributed by atoms with Crippen molar-refractivity contribution in [3.8, 4) is 0 Å². The zero-order chi connectivity index (χ0) is 37.1. The predicted molar refractivity (Wildman–Crippen MR) is 195 cm³/mol. The smallest absolute Gasteiger partial charge is 0.317 e. The van der Waals surface area contributed by atoms with Crippen LogP contribution in [0, 0.1) is 11.8 Å². The topological polar surface area (TPSA) is 188 Å². The van der Waals surface area contributed by atoms with Gasteiger partial charge >= 0.3 is 5.97 Å². The summed E-state index contributed by atoms with van der Waals surface area (Å²) in [4.78, 5) is 70.8. The van der Waals surface area contributed by atoms with Crippen molar-refractivity contribution < 1.29 is 29.1 Å². The summed E-state index contributed by atoms with van der Waals surface area (Å²) in [6.45, 7) is 6.98. The van der Waals surface area contributed by atoms with Crippen molar-refractivity contribution in [3.63, 3.8) is 0 Å². The second-order valence-electron chi connectivity index (χ2n) is 15.0. The van der Waals surface area contributed by atoms with E-state index in [2.05, 4.69) is 10.6 Å². The fraction of sp³-hybridized carbons (Fsp3) is 0.564. The lowest BCUT2D eigenvalue weighted by molar-refractivity contribution is -0.159. The fourth-order valence-corrected chi connectivity index (χ4v) is 7.44. The molecule has 2 aliphatic heterocycles. The summed E-state index contributed by atoms with van der Waals surface area (Å²) in [5, 5.41) is 15.2. The van der Waals surface area contributed by atoms with Gasteiger partial charge in [0.15, 0.2) is 5.78 Å². The molecule has 12 heteroatoms. The summed E-state index contributed by atoms with van der Waals surface area (Å²) >= 11 is 0. The highest BCUT2D eigenvalue weighted by atomic mass is 16.4. The number of hydrogen-bond acceptors (Lipinski definition) is 8. The number of aliphatic carboxylic acids is 1. The summed E-state index contributed by atoms with van der Waals surface area (Å²) in [7, 11) is 0. The number of carbonyl (C=O) groups excluding carboxylic acids is 4. The van der Waals surface area contributed by atoms with Gasteiger partial charge in [0.05, 0.1) is 18.1 Å². The lowest BCUT2D eigenvalue weighted by Gasteiger charge is -2.56. The molecule has 0 radical (unpaired) electrons. The van der Waals surface area contributed by atoms with Gasteiger partial charge in [-0.15, -0.1) is 0 Å². The number of hydrogen-bond donors (Lipinski definition) is 5. The minimum absolute atomic E-state index is 0.0702. The number of piperazine rings is 1. The largest absolute Gasteiger partial charge is 0.480 e. The van der Waals surface area contributed by atoms with Crippen LogP contribution in [-0.2, 0) is 36.8 Å². The molecule has 2 saturated heterocycles. The molecule has 0 aliphatic carbocycles. The predicted octanol–water partition coefficient (Wildman–Crippen LogP) is 2.28. The number of rotatable bonds is 20. The molecule has 4 rings (SSSR count). The second-order valence-corrected chi connectivity index (χ2v) is 15.0. The SMILES string of the molecule is CC(C)CC(CC(=O)C(C)(Cc1ccccc1)NC(=O)C(N)Cc1ccccc1)C(=O)NC(CCCCN)C(=O)N1C2CC1CN(CC(=O)O)C2. The van der Waals surface area contributed by atoms with Crippen LogP contribution in [0.15, 0.2) is 60.7 Å². The van der Waals surface area contributed by atoms with Crippen LogP contribution in [0.4, 0.5) is 0 Å². The minimum Gasteiger partial charge on any atom is -0.480 e. The van der Waals surface area contributed by atoms with Crippen molar-refractivity contribution in [2.75, 3.05) is 26.2 Å². The number of amides is 3. The van der Waals surface area contributed by atoms with E-state index < -0.39 is 35.4 Å². The van der Waals surface area contributed by atoms with E-state index in [4.69, 9.17) is 11.5 Å². The Morgan fingerprint density at radius 2 is 1.53 bits per heavy atom. The van der Waals surface area contributed by atoms with Crippen molar-refractivity contribution in [3.05, 3.63) is 71.8 Å². The Bertz CT molecular complexity index is 1480. The third-order valence-corrected chi connectivity index (χ3v) is 10.1. The van der Waals surface area contributed by atoms with Crippen molar-refractivity contribution in [2.24, 2.45) is 23.3 Å². The third kappa shape index (κ3) is 11.2. The number of ketones is 1. The monoisotopic (exact) mass is 704 g/mol. The molecule has 0 saturated carbocycles. The fourth-order valence-electron chi connectivity index (χ4n) is 7.44. The molecular formula is C39H56N6O6. The zero-order valence-electron chi connectivity index (χ0n) is 30.3. The van der Waals surface area contributed by atoms with Crippen molar-refractivity contribution in [2.45, 2.75) is 102 Å². The van der Waals surface area contributed by atoms with Gasteiger partial charge in [0.1, 0.15) is 6.04 Å². The first kappa shape index (κ1) is 39.7. The molecule has 3 amide bonds. The van der Waals surface area contributed by atoms with E-state index in [1.807, 2.05) is 79.4 Å². The maximum atomic E-state index is 14.3. The highest BCUT2D eigenvalue weighted by molar-refractivity contribution is 5.97. The average molecular weight is 705 g/mol. The summed E-state index contributed by atoms with van der Waals surface area (Å²) in [5.41, 5.74) is 12.5. The standard InChI is InChI=1S/C39H56N6O6/c1-26(2)18-29(36(49)42-33(16-10-11-17-40)38(51)45-30-21-31(45)24-44(23-30)25-35(47)48)20-34(46)39(3,22-28-14-8-5-9-15-28)43-37(50)32(41)19-27-12-6-4-7-13-27/h4-9,12-15,26,29-33H,10-11,16-25,40-41H2,1-3H3,(H,42,49)(H,43,50)(H,47,48). The molecule has 2 aromatic rings. The average Bonchev–Trinajstić information content (AvgIpc) is 3.07. The quantitative estimate of drug-likeness (QED) is 0.129. The van der Waals surface area contributed by atoms with Crippen molar-refractivity contribution in [1.29, 1.82) is 0 Å². The van der Waals surface area contributed by atoms with Crippen LogP contribution in [0.3, 0.4) is 0 Å². The Balaban J connectivity index is 1.51. The molecule has 2 bridgehead atoms. The van der Waals surface area contributed by atoms with Gasteiger partial charge in [0, 0.05) is 43.9 Å². The molecule has 2 aliphatic rings. The maximum Gasteiger partial charge on any atom is 0.317 e. The normalized spacial score (nSPS) is 20.0. The van der Waals surface area contributed by atoms with Gasteiger partial charge in [0.25, 0.3) is 0 Å². The van der Waals surface area contributed by atoms with E-state index in [1.54, 1.807) is 11.8 Å². The highest BCUT2D eigenvalue weighted by Crippen LogP contribution is 2.33. The van der Waals surface area contributed by atoms with Gasteiger partial charge in [-0.1, -0.05) is 74.5 Å². The van der Waals surface area contributed by atoms with Gasteiger partial charge in [-0.2, -0.15) is 0 Å². The highest BCUT2D eigenvalue weighted by Gasteiger charge is 2.49. The minimum atomic E-state index is -1.35. The number of carboxylic acid groups (broad SMARTS) is 1. The molecule has 7 N–H and O–H groups in total. The lowest BCUT2D eigenvalue weighted by Crippen LogP contribution is -2.72. The molecule has 51 heavy (non-hydrogen) atoms. The number of Topliss-reactive ketones (excluding diaryl/α,β-unsaturated/α-hetero) is 1. The first-order valence-electron chi connectivity index (χ1n) is 18.2. The first-order chi connectivity index (χ1) is 24.3. The van der Waals surface area contributed by atoms with E-state index in [-0.39, 0.29) is 55.0 Å². The van der Waals surface area contributed by atoms with E-state index in [1.165, 1.54) is 0 Å². The molecular weight excluding hydrogens is 648 g/mol. The van der Waals surface area contributed by atoms with Crippen molar-refractivity contribution in [1.82, 2.24) is 20.4 Å². The number of nitrogens with two attached hydrogens (primary N) is 2. The first-order valence-corrected chi connectivity index (χ1v) is 18.2. The Morgan fingerprint density at radius 1 is 0.922 bits per heavy atom. The van der Waals surface area contributed by atoms with E-state index in [0.717, 1.165) is 17.5 Å². The number of carbonyl (C=O) groups is 5. The number of fused-ring (bicyclic) bond motifs is 2. The Labute approximate surface area is 301 Å².